The van der Waals surface area contributed by atoms with Crippen molar-refractivity contribution in [2.75, 3.05) is 25.0 Å². The van der Waals surface area contributed by atoms with E-state index in [1.54, 1.807) is 0 Å². The van der Waals surface area contributed by atoms with Gasteiger partial charge in [0.1, 0.15) is 6.17 Å². The van der Waals surface area contributed by atoms with Gasteiger partial charge in [-0.15, -0.1) is 0 Å². The third-order valence-electron chi connectivity index (χ3n) is 2.92. The summed E-state index contributed by atoms with van der Waals surface area (Å²) in [7, 11) is 2.06. The van der Waals surface area contributed by atoms with Crippen molar-refractivity contribution in [2.45, 2.75) is 19.3 Å². The molecule has 0 saturated carbocycles. The molecule has 1 fully saturated rings. The predicted molar refractivity (Wildman–Crippen MR) is 54.3 cm³/mol. The molecule has 0 aliphatic carbocycles. The lowest BCUT2D eigenvalue weighted by molar-refractivity contribution is 0.272. The van der Waals surface area contributed by atoms with Gasteiger partial charge in [0, 0.05) is 24.8 Å². The van der Waals surface area contributed by atoms with E-state index >= 15 is 0 Å². The Labute approximate surface area is 87.7 Å². The van der Waals surface area contributed by atoms with Crippen molar-refractivity contribution in [2.24, 2.45) is 0 Å². The maximum absolute atomic E-state index is 12.7. The summed E-state index contributed by atoms with van der Waals surface area (Å²) in [6, 6.07) is 0. The molecule has 3 rings (SSSR count). The minimum Gasteiger partial charge on any atom is -0.335 e. The minimum absolute atomic E-state index is 0.439. The van der Waals surface area contributed by atoms with E-state index in [0.29, 0.717) is 19.0 Å². The molecule has 0 aromatic carbocycles. The van der Waals surface area contributed by atoms with Crippen LogP contribution in [-0.4, -0.2) is 41.2 Å². The highest BCUT2D eigenvalue weighted by Gasteiger charge is 2.29. The molecule has 0 radical (unpaired) electrons. The monoisotopic (exact) mass is 208 g/mol. The third-order valence-corrected chi connectivity index (χ3v) is 2.92. The molecule has 0 atom stereocenters. The molecular formula is C10H13FN4. The van der Waals surface area contributed by atoms with Gasteiger partial charge in [-0.1, -0.05) is 0 Å². The number of fused-ring (bicyclic) bond motifs is 1. The number of alkyl halides is 1. The normalized spacial score (nSPS) is 21.6. The molecule has 2 aliphatic rings. The highest BCUT2D eigenvalue weighted by molar-refractivity contribution is 5.37. The Morgan fingerprint density at radius 3 is 2.93 bits per heavy atom. The molecule has 4 nitrogen and oxygen atoms in total. The van der Waals surface area contributed by atoms with Crippen molar-refractivity contribution >= 4 is 5.95 Å². The van der Waals surface area contributed by atoms with E-state index in [0.717, 1.165) is 18.8 Å². The fraction of sp³-hybridized carbons (Fsp3) is 0.600. The standard InChI is InChI=1S/C10H13FN4/c1-14-3-7-2-12-10(13-9(7)6-14)15-4-8(11)5-15/h2,8H,3-6H2,1H3. The van der Waals surface area contributed by atoms with Crippen molar-refractivity contribution < 1.29 is 4.39 Å². The quantitative estimate of drug-likeness (QED) is 0.675. The minimum atomic E-state index is -0.704. The van der Waals surface area contributed by atoms with Crippen LogP contribution in [-0.2, 0) is 13.1 Å². The summed E-state index contributed by atoms with van der Waals surface area (Å²) in [6.45, 7) is 2.67. The fourth-order valence-electron chi connectivity index (χ4n) is 2.04. The van der Waals surface area contributed by atoms with Gasteiger partial charge in [-0.2, -0.15) is 0 Å². The van der Waals surface area contributed by atoms with Crippen molar-refractivity contribution in [3.63, 3.8) is 0 Å². The summed E-state index contributed by atoms with van der Waals surface area (Å²) in [5.74, 6) is 0.679. The van der Waals surface area contributed by atoms with Crippen LogP contribution in [0.1, 0.15) is 11.3 Å². The third kappa shape index (κ3) is 1.47. The van der Waals surface area contributed by atoms with E-state index in [4.69, 9.17) is 0 Å². The van der Waals surface area contributed by atoms with E-state index in [-0.39, 0.29) is 0 Å². The molecule has 0 unspecified atom stereocenters. The van der Waals surface area contributed by atoms with Gasteiger partial charge in [0.05, 0.1) is 18.8 Å². The van der Waals surface area contributed by atoms with Crippen LogP contribution in [0.15, 0.2) is 6.20 Å². The van der Waals surface area contributed by atoms with Crippen LogP contribution >= 0.6 is 0 Å². The lowest BCUT2D eigenvalue weighted by Gasteiger charge is -2.34. The first-order valence-corrected chi connectivity index (χ1v) is 5.15. The second-order valence-corrected chi connectivity index (χ2v) is 4.32. The highest BCUT2D eigenvalue weighted by atomic mass is 19.1. The summed E-state index contributed by atoms with van der Waals surface area (Å²) in [4.78, 5) is 12.8. The van der Waals surface area contributed by atoms with E-state index in [1.165, 1.54) is 5.56 Å². The number of hydrogen-bond donors (Lipinski definition) is 0. The van der Waals surface area contributed by atoms with Crippen LogP contribution in [0, 0.1) is 0 Å². The maximum atomic E-state index is 12.7. The summed E-state index contributed by atoms with van der Waals surface area (Å²) in [6.07, 6.45) is 1.16. The summed E-state index contributed by atoms with van der Waals surface area (Å²) < 4.78 is 12.7. The Balaban J connectivity index is 1.84. The molecule has 15 heavy (non-hydrogen) atoms. The summed E-state index contributed by atoms with van der Waals surface area (Å²) >= 11 is 0. The summed E-state index contributed by atoms with van der Waals surface area (Å²) in [5, 5.41) is 0. The Hall–Kier alpha value is -1.23. The second kappa shape index (κ2) is 3.13. The first-order chi connectivity index (χ1) is 7.22. The largest absolute Gasteiger partial charge is 0.335 e. The lowest BCUT2D eigenvalue weighted by atomic mass is 10.2. The molecule has 3 heterocycles. The first kappa shape index (κ1) is 9.03. The number of hydrogen-bond acceptors (Lipinski definition) is 4. The lowest BCUT2D eigenvalue weighted by Crippen LogP contribution is -2.49. The van der Waals surface area contributed by atoms with Gasteiger partial charge in [-0.25, -0.2) is 14.4 Å². The zero-order valence-corrected chi connectivity index (χ0v) is 8.65. The molecular weight excluding hydrogens is 195 g/mol. The fourth-order valence-corrected chi connectivity index (χ4v) is 2.04. The van der Waals surface area contributed by atoms with Crippen LogP contribution in [0.25, 0.3) is 0 Å². The van der Waals surface area contributed by atoms with Gasteiger partial charge in [-0.3, -0.25) is 4.90 Å². The van der Waals surface area contributed by atoms with Gasteiger partial charge in [-0.05, 0) is 7.05 Å². The number of nitrogens with zero attached hydrogens (tertiary/aromatic N) is 4. The Morgan fingerprint density at radius 1 is 1.40 bits per heavy atom. The van der Waals surface area contributed by atoms with Crippen LogP contribution in [0.4, 0.5) is 10.3 Å². The molecule has 0 spiro atoms. The Kier molecular flexibility index (Phi) is 1.88. The smallest absolute Gasteiger partial charge is 0.225 e. The second-order valence-electron chi connectivity index (χ2n) is 4.32. The molecule has 0 amide bonds. The molecule has 0 bridgehead atoms. The summed E-state index contributed by atoms with van der Waals surface area (Å²) in [5.41, 5.74) is 2.28. The number of anilines is 1. The van der Waals surface area contributed by atoms with Gasteiger partial charge < -0.3 is 4.90 Å². The molecule has 0 N–H and O–H groups in total. The van der Waals surface area contributed by atoms with Crippen LogP contribution < -0.4 is 4.90 Å². The van der Waals surface area contributed by atoms with E-state index in [1.807, 2.05) is 11.1 Å². The van der Waals surface area contributed by atoms with Gasteiger partial charge in [0.2, 0.25) is 5.95 Å². The molecule has 1 aromatic rings. The van der Waals surface area contributed by atoms with Crippen molar-refractivity contribution in [1.82, 2.24) is 14.9 Å². The number of halogens is 1. The van der Waals surface area contributed by atoms with E-state index < -0.39 is 6.17 Å². The zero-order valence-electron chi connectivity index (χ0n) is 8.65. The van der Waals surface area contributed by atoms with Crippen molar-refractivity contribution in [1.29, 1.82) is 0 Å². The maximum Gasteiger partial charge on any atom is 0.225 e. The highest BCUT2D eigenvalue weighted by Crippen LogP contribution is 2.23. The first-order valence-electron chi connectivity index (χ1n) is 5.15. The number of aromatic nitrogens is 2. The Bertz CT molecular complexity index is 389. The van der Waals surface area contributed by atoms with Crippen molar-refractivity contribution in [3.05, 3.63) is 17.5 Å². The molecule has 2 aliphatic heterocycles. The average Bonchev–Trinajstić information content (AvgIpc) is 2.52. The zero-order chi connectivity index (χ0) is 10.4. The SMILES string of the molecule is CN1Cc2cnc(N3CC(F)C3)nc2C1. The molecule has 80 valence electrons. The number of rotatable bonds is 1. The van der Waals surface area contributed by atoms with Crippen LogP contribution in [0.5, 0.6) is 0 Å². The van der Waals surface area contributed by atoms with Gasteiger partial charge in [0.15, 0.2) is 0 Å². The topological polar surface area (TPSA) is 32.3 Å². The van der Waals surface area contributed by atoms with E-state index in [2.05, 4.69) is 21.9 Å². The van der Waals surface area contributed by atoms with Crippen LogP contribution in [0.2, 0.25) is 0 Å². The van der Waals surface area contributed by atoms with Crippen molar-refractivity contribution in [3.8, 4) is 0 Å². The molecule has 1 aromatic heterocycles. The average molecular weight is 208 g/mol. The van der Waals surface area contributed by atoms with Crippen LogP contribution in [0.3, 0.4) is 0 Å². The Morgan fingerprint density at radius 2 is 2.20 bits per heavy atom. The van der Waals surface area contributed by atoms with Gasteiger partial charge >= 0.3 is 0 Å². The predicted octanol–water partition coefficient (Wildman–Crippen LogP) is 0.580. The van der Waals surface area contributed by atoms with E-state index in [9.17, 15) is 4.39 Å². The van der Waals surface area contributed by atoms with Gasteiger partial charge in [0.25, 0.3) is 0 Å². The molecule has 5 heteroatoms. The molecule has 1 saturated heterocycles.